The van der Waals surface area contributed by atoms with E-state index in [-0.39, 0.29) is 58.1 Å². The van der Waals surface area contributed by atoms with Crippen molar-refractivity contribution in [2.45, 2.75) is 58.1 Å². The fourth-order valence-electron chi connectivity index (χ4n) is 5.84. The topological polar surface area (TPSA) is 146 Å². The van der Waals surface area contributed by atoms with Crippen molar-refractivity contribution in [2.75, 3.05) is 38.6 Å². The lowest BCUT2D eigenvalue weighted by atomic mass is 9.95. The minimum absolute atomic E-state index is 0.0178. The normalized spacial score (nSPS) is 16.8. The Morgan fingerprint density at radius 2 is 1.71 bits per heavy atom. The number of nitrogens with one attached hydrogen (secondary N) is 3. The largest absolute Gasteiger partial charge is 0.494 e. The number of aromatic amines is 1. The quantitative estimate of drug-likeness (QED) is 0.294. The van der Waals surface area contributed by atoms with Crippen LogP contribution < -0.4 is 15.4 Å². The van der Waals surface area contributed by atoms with Crippen LogP contribution in [0.1, 0.15) is 72.3 Å². The lowest BCUT2D eigenvalue weighted by Crippen LogP contribution is -2.46. The second kappa shape index (κ2) is 14.8. The van der Waals surface area contributed by atoms with Crippen molar-refractivity contribution in [3.05, 3.63) is 75.8 Å². The number of aromatic nitrogens is 2. The number of imidazole rings is 1. The number of piperidine rings is 1. The Balaban J connectivity index is 1.10. The summed E-state index contributed by atoms with van der Waals surface area (Å²) in [4.78, 5) is 61.7. The van der Waals surface area contributed by atoms with Crippen LogP contribution in [0.4, 0.5) is 19.3 Å². The number of ether oxygens (including phenoxy) is 2. The average molecular weight is 701 g/mol. The van der Waals surface area contributed by atoms with Crippen LogP contribution in [-0.2, 0) is 16.0 Å². The van der Waals surface area contributed by atoms with Crippen LogP contribution in [0.15, 0.2) is 36.5 Å². The van der Waals surface area contributed by atoms with Crippen molar-refractivity contribution >= 4 is 41.1 Å². The zero-order valence-corrected chi connectivity index (χ0v) is 28.5. The first-order valence-electron chi connectivity index (χ1n) is 16.0. The predicted molar refractivity (Wildman–Crippen MR) is 177 cm³/mol. The van der Waals surface area contributed by atoms with Gasteiger partial charge < -0.3 is 34.9 Å². The summed E-state index contributed by atoms with van der Waals surface area (Å²) in [6.45, 7) is 7.22. The van der Waals surface area contributed by atoms with Gasteiger partial charge in [0.05, 0.1) is 17.7 Å². The molecule has 2 aromatic carbocycles. The maximum atomic E-state index is 14.4. The molecule has 3 aromatic rings. The fraction of sp³-hybridized carbons (Fsp3) is 0.441. The summed E-state index contributed by atoms with van der Waals surface area (Å²) in [6.07, 6.45) is 2.63. The molecule has 5 rings (SSSR count). The number of hydrogen-bond donors (Lipinski definition) is 3. The van der Waals surface area contributed by atoms with E-state index in [9.17, 15) is 28.0 Å². The Kier molecular flexibility index (Phi) is 10.8. The molecule has 0 radical (unpaired) electrons. The van der Waals surface area contributed by atoms with Gasteiger partial charge in [0.15, 0.2) is 17.4 Å². The van der Waals surface area contributed by atoms with Crippen LogP contribution in [0, 0.1) is 17.6 Å². The number of methoxy groups -OCH3 is 1. The number of carbonyl (C=O) groups is 4. The minimum Gasteiger partial charge on any atom is -0.494 e. The van der Waals surface area contributed by atoms with Crippen LogP contribution in [0.3, 0.4) is 0 Å². The van der Waals surface area contributed by atoms with E-state index in [4.69, 9.17) is 21.1 Å². The Bertz CT molecular complexity index is 1740. The van der Waals surface area contributed by atoms with Gasteiger partial charge in [0, 0.05) is 62.1 Å². The van der Waals surface area contributed by atoms with Gasteiger partial charge >= 0.3 is 6.09 Å². The van der Waals surface area contributed by atoms with Crippen LogP contribution in [0.5, 0.6) is 5.75 Å². The molecule has 15 heteroatoms. The molecule has 0 spiro atoms. The molecule has 2 fully saturated rings. The first-order valence-corrected chi connectivity index (χ1v) is 16.3. The standard InChI is InChI=1S/C34H39ClF2N6O6/c1-34(2,3)49-33(47)42-12-9-19(10-13-42)32(46)43-14-11-22(18-43)41-30(44)24-7-6-21(16-25(24)35)40-31(45)29-38-17-23(39-29)15-20-5-8-26(48-4)28(37)27(20)36/h5-8,16-17,19,22H,9-15,18H2,1-4H3,(H,38,39)(H,40,45)(H,41,44)/t22-/m1/s1. The maximum Gasteiger partial charge on any atom is 0.410 e. The number of likely N-dealkylation sites (tertiary alicyclic amines) is 2. The summed E-state index contributed by atoms with van der Waals surface area (Å²) in [5, 5.41) is 5.70. The Labute approximate surface area is 287 Å². The molecule has 1 aromatic heterocycles. The molecule has 2 saturated heterocycles. The molecule has 0 unspecified atom stereocenters. The summed E-state index contributed by atoms with van der Waals surface area (Å²) in [6, 6.07) is 6.88. The molecule has 2 aliphatic heterocycles. The van der Waals surface area contributed by atoms with Gasteiger partial charge in [-0.25, -0.2) is 14.2 Å². The maximum absolute atomic E-state index is 14.4. The highest BCUT2D eigenvalue weighted by Gasteiger charge is 2.35. The number of nitrogens with zero attached hydrogens (tertiary/aromatic N) is 3. The smallest absolute Gasteiger partial charge is 0.410 e. The van der Waals surface area contributed by atoms with Gasteiger partial charge in [-0.15, -0.1) is 0 Å². The monoisotopic (exact) mass is 700 g/mol. The van der Waals surface area contributed by atoms with Crippen molar-refractivity contribution in [2.24, 2.45) is 5.92 Å². The summed E-state index contributed by atoms with van der Waals surface area (Å²) in [5.74, 6) is -3.61. The summed E-state index contributed by atoms with van der Waals surface area (Å²) < 4.78 is 38.7. The molecular weight excluding hydrogens is 662 g/mol. The van der Waals surface area contributed by atoms with E-state index < -0.39 is 29.0 Å². The van der Waals surface area contributed by atoms with Gasteiger partial charge in [-0.1, -0.05) is 17.7 Å². The van der Waals surface area contributed by atoms with Gasteiger partial charge in [0.1, 0.15) is 5.60 Å². The highest BCUT2D eigenvalue weighted by molar-refractivity contribution is 6.34. The number of hydrogen-bond acceptors (Lipinski definition) is 7. The van der Waals surface area contributed by atoms with E-state index in [0.29, 0.717) is 56.8 Å². The van der Waals surface area contributed by atoms with Crippen LogP contribution in [-0.4, -0.2) is 88.5 Å². The van der Waals surface area contributed by atoms with Crippen LogP contribution in [0.2, 0.25) is 5.02 Å². The number of H-pyrrole nitrogens is 1. The van der Waals surface area contributed by atoms with Gasteiger partial charge in [0.2, 0.25) is 11.7 Å². The summed E-state index contributed by atoms with van der Waals surface area (Å²) in [7, 11) is 1.24. The number of carbonyl (C=O) groups excluding carboxylic acids is 4. The van der Waals surface area contributed by atoms with Gasteiger partial charge in [-0.2, -0.15) is 4.39 Å². The first kappa shape index (κ1) is 35.6. The molecule has 2 aliphatic rings. The van der Waals surface area contributed by atoms with Gasteiger partial charge in [-0.3, -0.25) is 14.4 Å². The minimum atomic E-state index is -1.10. The second-order valence-electron chi connectivity index (χ2n) is 13.1. The highest BCUT2D eigenvalue weighted by Crippen LogP contribution is 2.26. The fourth-order valence-corrected chi connectivity index (χ4v) is 6.10. The Morgan fingerprint density at radius 1 is 1.00 bits per heavy atom. The van der Waals surface area contributed by atoms with Gasteiger partial charge in [-0.05, 0) is 69.9 Å². The average Bonchev–Trinajstić information content (AvgIpc) is 3.72. The molecule has 3 N–H and O–H groups in total. The second-order valence-corrected chi connectivity index (χ2v) is 13.5. The number of rotatable bonds is 8. The lowest BCUT2D eigenvalue weighted by molar-refractivity contribution is -0.136. The van der Waals surface area contributed by atoms with E-state index >= 15 is 0 Å². The molecule has 3 heterocycles. The zero-order chi connectivity index (χ0) is 35.5. The predicted octanol–water partition coefficient (Wildman–Crippen LogP) is 5.17. The molecule has 0 bridgehead atoms. The van der Waals surface area contributed by atoms with Gasteiger partial charge in [0.25, 0.3) is 11.8 Å². The molecule has 1 atom stereocenters. The van der Waals surface area contributed by atoms with E-state index in [2.05, 4.69) is 20.6 Å². The Hall–Kier alpha value is -4.72. The number of amides is 4. The third-order valence-corrected chi connectivity index (χ3v) is 8.69. The summed E-state index contributed by atoms with van der Waals surface area (Å²) >= 11 is 6.42. The molecule has 0 saturated carbocycles. The molecule has 49 heavy (non-hydrogen) atoms. The van der Waals surface area contributed by atoms with Crippen molar-refractivity contribution in [3.63, 3.8) is 0 Å². The molecule has 262 valence electrons. The molecule has 0 aliphatic carbocycles. The number of benzene rings is 2. The highest BCUT2D eigenvalue weighted by atomic mass is 35.5. The third-order valence-electron chi connectivity index (χ3n) is 8.37. The lowest BCUT2D eigenvalue weighted by Gasteiger charge is -2.34. The van der Waals surface area contributed by atoms with E-state index in [0.717, 1.165) is 0 Å². The number of halogens is 3. The van der Waals surface area contributed by atoms with Crippen molar-refractivity contribution in [3.8, 4) is 5.75 Å². The SMILES string of the molecule is COc1ccc(Cc2cnc(C(=O)Nc3ccc(C(=O)N[C@@H]4CCN(C(=O)C5CCN(C(=O)OC(C)(C)C)CC5)C4)c(Cl)c3)[nH]2)c(F)c1F. The molecule has 4 amide bonds. The van der Waals surface area contributed by atoms with E-state index in [1.807, 2.05) is 20.8 Å². The molecular formula is C34H39ClF2N6O6. The van der Waals surface area contributed by atoms with Crippen LogP contribution in [0.25, 0.3) is 0 Å². The van der Waals surface area contributed by atoms with Crippen molar-refractivity contribution in [1.82, 2.24) is 25.1 Å². The third kappa shape index (κ3) is 8.66. The summed E-state index contributed by atoms with van der Waals surface area (Å²) in [5.41, 5.74) is 0.371. The van der Waals surface area contributed by atoms with Crippen molar-refractivity contribution < 1.29 is 37.4 Å². The van der Waals surface area contributed by atoms with E-state index in [1.54, 1.807) is 9.80 Å². The Morgan fingerprint density at radius 3 is 2.39 bits per heavy atom. The zero-order valence-electron chi connectivity index (χ0n) is 27.7. The number of anilines is 1. The van der Waals surface area contributed by atoms with Crippen molar-refractivity contribution in [1.29, 1.82) is 0 Å². The van der Waals surface area contributed by atoms with E-state index in [1.165, 1.54) is 43.6 Å². The first-order chi connectivity index (χ1) is 23.2. The van der Waals surface area contributed by atoms with Crippen LogP contribution >= 0.6 is 11.6 Å². The molecule has 12 nitrogen and oxygen atoms in total.